The number of anilines is 1. The van der Waals surface area contributed by atoms with Crippen LogP contribution in [0.15, 0.2) is 24.3 Å². The third-order valence-electron chi connectivity index (χ3n) is 3.80. The summed E-state index contributed by atoms with van der Waals surface area (Å²) in [7, 11) is 1.83. The second-order valence-electron chi connectivity index (χ2n) is 5.50. The molecule has 1 aromatic rings. The zero-order valence-corrected chi connectivity index (χ0v) is 12.4. The Morgan fingerprint density at radius 2 is 2.25 bits per heavy atom. The van der Waals surface area contributed by atoms with E-state index in [0.29, 0.717) is 12.5 Å². The Morgan fingerprint density at radius 1 is 1.45 bits per heavy atom. The third kappa shape index (κ3) is 4.23. The molecule has 0 aromatic heterocycles. The number of amides is 1. The Balaban J connectivity index is 1.94. The average Bonchev–Trinajstić information content (AvgIpc) is 2.47. The first-order valence-corrected chi connectivity index (χ1v) is 7.28. The maximum atomic E-state index is 11.4. The molecule has 0 radical (unpaired) electrons. The molecule has 4 nitrogen and oxygen atoms in total. The molecule has 1 N–H and O–H groups in total. The molecular weight excluding hydrogens is 252 g/mol. The zero-order valence-electron chi connectivity index (χ0n) is 12.4. The molecule has 20 heavy (non-hydrogen) atoms. The predicted octanol–water partition coefficient (Wildman–Crippen LogP) is 2.50. The number of hydrogen-bond acceptors (Lipinski definition) is 3. The number of para-hydroxylation sites is 1. The molecule has 1 unspecified atom stereocenters. The lowest BCUT2D eigenvalue weighted by Crippen LogP contribution is -2.26. The van der Waals surface area contributed by atoms with Crippen molar-refractivity contribution in [2.75, 3.05) is 32.1 Å². The molecule has 1 amide bonds. The molecule has 0 saturated carbocycles. The highest BCUT2D eigenvalue weighted by Gasteiger charge is 2.14. The Labute approximate surface area is 121 Å². The van der Waals surface area contributed by atoms with Crippen LogP contribution in [0.1, 0.15) is 25.3 Å². The largest absolute Gasteiger partial charge is 0.384 e. The summed E-state index contributed by atoms with van der Waals surface area (Å²) in [6.45, 7) is 4.91. The average molecular weight is 276 g/mol. The van der Waals surface area contributed by atoms with Crippen molar-refractivity contribution in [3.63, 3.8) is 0 Å². The van der Waals surface area contributed by atoms with Gasteiger partial charge in [0.15, 0.2) is 0 Å². The predicted molar refractivity (Wildman–Crippen MR) is 80.6 cm³/mol. The Kier molecular flexibility index (Phi) is 5.41. The first-order chi connectivity index (χ1) is 9.66. The Hall–Kier alpha value is -1.55. The molecule has 1 aliphatic rings. The molecule has 1 aromatic carbocycles. The number of benzene rings is 1. The van der Waals surface area contributed by atoms with Crippen LogP contribution in [0.2, 0.25) is 0 Å². The summed E-state index contributed by atoms with van der Waals surface area (Å²) in [6, 6.07) is 8.18. The molecule has 0 aliphatic carbocycles. The van der Waals surface area contributed by atoms with Gasteiger partial charge in [-0.15, -0.1) is 0 Å². The lowest BCUT2D eigenvalue weighted by molar-refractivity contribution is -0.128. The van der Waals surface area contributed by atoms with Crippen LogP contribution in [0.5, 0.6) is 0 Å². The number of rotatable bonds is 5. The van der Waals surface area contributed by atoms with E-state index in [-0.39, 0.29) is 5.91 Å². The molecule has 1 fully saturated rings. The van der Waals surface area contributed by atoms with Crippen LogP contribution in [-0.4, -0.2) is 37.6 Å². The highest BCUT2D eigenvalue weighted by atomic mass is 16.5. The molecular formula is C16H24N2O2. The summed E-state index contributed by atoms with van der Waals surface area (Å²) in [5.74, 6) is 0.669. The van der Waals surface area contributed by atoms with Gasteiger partial charge < -0.3 is 15.0 Å². The first-order valence-electron chi connectivity index (χ1n) is 7.28. The maximum absolute atomic E-state index is 11.4. The minimum Gasteiger partial charge on any atom is -0.384 e. The number of nitrogens with zero attached hydrogens (tertiary/aromatic N) is 1. The van der Waals surface area contributed by atoms with Gasteiger partial charge >= 0.3 is 0 Å². The molecule has 1 aliphatic heterocycles. The van der Waals surface area contributed by atoms with Gasteiger partial charge in [-0.1, -0.05) is 18.2 Å². The van der Waals surface area contributed by atoms with Crippen LogP contribution in [0.3, 0.4) is 0 Å². The standard InChI is InChI=1S/C16H24N2O2/c1-13(19)18(2)11-15-7-3-4-8-16(15)17-10-14-6-5-9-20-12-14/h3-4,7-8,14,17H,5-6,9-12H2,1-2H3. The van der Waals surface area contributed by atoms with E-state index in [2.05, 4.69) is 17.4 Å². The van der Waals surface area contributed by atoms with E-state index in [1.54, 1.807) is 11.8 Å². The van der Waals surface area contributed by atoms with E-state index in [4.69, 9.17) is 4.74 Å². The number of carbonyl (C=O) groups is 1. The van der Waals surface area contributed by atoms with Crippen molar-refractivity contribution in [1.29, 1.82) is 0 Å². The van der Waals surface area contributed by atoms with Crippen LogP contribution in [0, 0.1) is 5.92 Å². The summed E-state index contributed by atoms with van der Waals surface area (Å²) in [5, 5.41) is 3.51. The van der Waals surface area contributed by atoms with Crippen molar-refractivity contribution < 1.29 is 9.53 Å². The molecule has 1 heterocycles. The summed E-state index contributed by atoms with van der Waals surface area (Å²) >= 11 is 0. The fourth-order valence-corrected chi connectivity index (χ4v) is 2.42. The van der Waals surface area contributed by atoms with Crippen LogP contribution in [-0.2, 0) is 16.1 Å². The van der Waals surface area contributed by atoms with Crippen molar-refractivity contribution in [2.45, 2.75) is 26.3 Å². The normalized spacial score (nSPS) is 18.6. The molecule has 4 heteroatoms. The highest BCUT2D eigenvalue weighted by Crippen LogP contribution is 2.19. The fourth-order valence-electron chi connectivity index (χ4n) is 2.42. The van der Waals surface area contributed by atoms with Gasteiger partial charge in [0, 0.05) is 39.4 Å². The topological polar surface area (TPSA) is 41.6 Å². The number of hydrogen-bond donors (Lipinski definition) is 1. The van der Waals surface area contributed by atoms with Gasteiger partial charge in [0.25, 0.3) is 0 Å². The fraction of sp³-hybridized carbons (Fsp3) is 0.562. The van der Waals surface area contributed by atoms with E-state index in [9.17, 15) is 4.79 Å². The molecule has 0 bridgehead atoms. The van der Waals surface area contributed by atoms with Crippen molar-refractivity contribution >= 4 is 11.6 Å². The highest BCUT2D eigenvalue weighted by molar-refractivity contribution is 5.73. The summed E-state index contributed by atoms with van der Waals surface area (Å²) in [5.41, 5.74) is 2.27. The minimum atomic E-state index is 0.0838. The van der Waals surface area contributed by atoms with E-state index < -0.39 is 0 Å². The van der Waals surface area contributed by atoms with E-state index in [0.717, 1.165) is 37.4 Å². The van der Waals surface area contributed by atoms with Crippen LogP contribution >= 0.6 is 0 Å². The molecule has 1 saturated heterocycles. The maximum Gasteiger partial charge on any atom is 0.219 e. The van der Waals surface area contributed by atoms with Gasteiger partial charge in [-0.3, -0.25) is 4.79 Å². The van der Waals surface area contributed by atoms with Gasteiger partial charge in [-0.05, 0) is 30.4 Å². The first kappa shape index (κ1) is 14.9. The lowest BCUT2D eigenvalue weighted by Gasteiger charge is -2.24. The van der Waals surface area contributed by atoms with Crippen LogP contribution in [0.25, 0.3) is 0 Å². The second kappa shape index (κ2) is 7.29. The van der Waals surface area contributed by atoms with Crippen molar-refractivity contribution in [3.05, 3.63) is 29.8 Å². The van der Waals surface area contributed by atoms with Gasteiger partial charge in [0.2, 0.25) is 5.91 Å². The van der Waals surface area contributed by atoms with E-state index >= 15 is 0 Å². The number of carbonyl (C=O) groups excluding carboxylic acids is 1. The van der Waals surface area contributed by atoms with E-state index in [1.807, 2.05) is 19.2 Å². The van der Waals surface area contributed by atoms with Gasteiger partial charge in [-0.25, -0.2) is 0 Å². The van der Waals surface area contributed by atoms with Crippen LogP contribution in [0.4, 0.5) is 5.69 Å². The Bertz CT molecular complexity index is 442. The smallest absolute Gasteiger partial charge is 0.219 e. The molecule has 1 atom stereocenters. The number of ether oxygens (including phenoxy) is 1. The Morgan fingerprint density at radius 3 is 2.95 bits per heavy atom. The third-order valence-corrected chi connectivity index (χ3v) is 3.80. The van der Waals surface area contributed by atoms with Crippen molar-refractivity contribution in [1.82, 2.24) is 4.90 Å². The van der Waals surface area contributed by atoms with Gasteiger partial charge in [-0.2, -0.15) is 0 Å². The second-order valence-corrected chi connectivity index (χ2v) is 5.50. The van der Waals surface area contributed by atoms with Gasteiger partial charge in [0.05, 0.1) is 6.61 Å². The van der Waals surface area contributed by atoms with E-state index in [1.165, 1.54) is 6.42 Å². The monoisotopic (exact) mass is 276 g/mol. The molecule has 2 rings (SSSR count). The number of nitrogens with one attached hydrogen (secondary N) is 1. The van der Waals surface area contributed by atoms with Gasteiger partial charge in [0.1, 0.15) is 0 Å². The molecule has 110 valence electrons. The lowest BCUT2D eigenvalue weighted by atomic mass is 10.0. The quantitative estimate of drug-likeness (QED) is 0.898. The molecule has 0 spiro atoms. The SMILES string of the molecule is CC(=O)N(C)Cc1ccccc1NCC1CCCOC1. The summed E-state index contributed by atoms with van der Waals surface area (Å²) < 4.78 is 5.50. The van der Waals surface area contributed by atoms with Crippen molar-refractivity contribution in [3.8, 4) is 0 Å². The zero-order chi connectivity index (χ0) is 14.4. The summed E-state index contributed by atoms with van der Waals surface area (Å²) in [4.78, 5) is 13.1. The minimum absolute atomic E-state index is 0.0838. The van der Waals surface area contributed by atoms with Crippen LogP contribution < -0.4 is 5.32 Å². The summed E-state index contributed by atoms with van der Waals surface area (Å²) in [6.07, 6.45) is 2.38. The van der Waals surface area contributed by atoms with Crippen molar-refractivity contribution in [2.24, 2.45) is 5.92 Å².